The van der Waals surface area contributed by atoms with Crippen molar-refractivity contribution < 1.29 is 13.9 Å². The molecular formula is C30H23FN2O2. The predicted molar refractivity (Wildman–Crippen MR) is 135 cm³/mol. The Hall–Kier alpha value is -4.38. The number of methoxy groups -OCH3 is 1. The number of nitrogens with one attached hydrogen (secondary N) is 1. The first-order chi connectivity index (χ1) is 17.1. The number of halogens is 1. The van der Waals surface area contributed by atoms with E-state index in [4.69, 9.17) is 4.74 Å². The Balaban J connectivity index is 1.58. The minimum atomic E-state index is -0.305. The van der Waals surface area contributed by atoms with Crippen molar-refractivity contribution in [1.82, 2.24) is 9.88 Å². The fourth-order valence-corrected chi connectivity index (χ4v) is 5.08. The van der Waals surface area contributed by atoms with Crippen molar-refractivity contribution in [1.29, 1.82) is 0 Å². The number of hydrogen-bond acceptors (Lipinski definition) is 2. The number of carbonyl (C=O) groups excluding carboxylic acids is 1. The highest BCUT2D eigenvalue weighted by atomic mass is 19.1. The highest BCUT2D eigenvalue weighted by molar-refractivity contribution is 6.02. The van der Waals surface area contributed by atoms with Crippen LogP contribution >= 0.6 is 0 Å². The maximum atomic E-state index is 13.7. The van der Waals surface area contributed by atoms with Crippen LogP contribution in [-0.4, -0.2) is 22.9 Å². The first kappa shape index (κ1) is 21.2. The molecule has 0 saturated heterocycles. The number of amides is 1. The zero-order valence-electron chi connectivity index (χ0n) is 19.2. The molecule has 6 rings (SSSR count). The Morgan fingerprint density at radius 3 is 2.51 bits per heavy atom. The summed E-state index contributed by atoms with van der Waals surface area (Å²) in [6.45, 7) is 0.371. The van der Waals surface area contributed by atoms with Gasteiger partial charge in [-0.2, -0.15) is 0 Å². The van der Waals surface area contributed by atoms with Gasteiger partial charge in [-0.05, 0) is 47.5 Å². The Morgan fingerprint density at radius 2 is 1.69 bits per heavy atom. The fourth-order valence-electron chi connectivity index (χ4n) is 5.08. The van der Waals surface area contributed by atoms with Crippen LogP contribution in [0.2, 0.25) is 0 Å². The van der Waals surface area contributed by atoms with E-state index in [0.29, 0.717) is 12.1 Å². The Labute approximate surface area is 202 Å². The third kappa shape index (κ3) is 3.56. The lowest BCUT2D eigenvalue weighted by Gasteiger charge is -2.27. The van der Waals surface area contributed by atoms with Gasteiger partial charge in [0.1, 0.15) is 11.6 Å². The van der Waals surface area contributed by atoms with Crippen LogP contribution in [0, 0.1) is 5.82 Å². The van der Waals surface area contributed by atoms with Crippen LogP contribution in [0.3, 0.4) is 0 Å². The fraction of sp³-hybridized carbons (Fsp3) is 0.100. The molecule has 35 heavy (non-hydrogen) atoms. The van der Waals surface area contributed by atoms with E-state index in [-0.39, 0.29) is 17.8 Å². The number of carbonyl (C=O) groups is 1. The third-order valence-corrected chi connectivity index (χ3v) is 6.70. The Kier molecular flexibility index (Phi) is 5.10. The zero-order valence-corrected chi connectivity index (χ0v) is 19.2. The van der Waals surface area contributed by atoms with Crippen molar-refractivity contribution >= 4 is 16.8 Å². The number of H-pyrrole nitrogens is 1. The molecule has 0 aliphatic carbocycles. The summed E-state index contributed by atoms with van der Waals surface area (Å²) in [5, 5.41) is 1.06. The second kappa shape index (κ2) is 8.44. The maximum absolute atomic E-state index is 13.7. The summed E-state index contributed by atoms with van der Waals surface area (Å²) in [6, 6.07) is 29.9. The van der Waals surface area contributed by atoms with Gasteiger partial charge in [-0.15, -0.1) is 0 Å². The summed E-state index contributed by atoms with van der Waals surface area (Å²) < 4.78 is 19.1. The first-order valence-corrected chi connectivity index (χ1v) is 11.5. The summed E-state index contributed by atoms with van der Waals surface area (Å²) in [5.74, 6) is 0.438. The number of hydrogen-bond donors (Lipinski definition) is 1. The largest absolute Gasteiger partial charge is 0.497 e. The number of aromatic nitrogens is 1. The molecule has 1 aliphatic heterocycles. The predicted octanol–water partition coefficient (Wildman–Crippen LogP) is 6.73. The molecule has 0 radical (unpaired) electrons. The average Bonchev–Trinajstić information content (AvgIpc) is 3.41. The van der Waals surface area contributed by atoms with Gasteiger partial charge in [0.15, 0.2) is 0 Å². The van der Waals surface area contributed by atoms with Gasteiger partial charge in [-0.1, -0.05) is 60.7 Å². The van der Waals surface area contributed by atoms with E-state index in [9.17, 15) is 9.18 Å². The molecule has 0 saturated carbocycles. The van der Waals surface area contributed by atoms with Gasteiger partial charge in [0.25, 0.3) is 5.91 Å². The second-order valence-corrected chi connectivity index (χ2v) is 8.74. The number of para-hydroxylation sites is 1. The molecule has 0 bridgehead atoms. The number of ether oxygens (including phenoxy) is 1. The van der Waals surface area contributed by atoms with E-state index in [1.165, 1.54) is 12.1 Å². The zero-order chi connectivity index (χ0) is 23.9. The highest BCUT2D eigenvalue weighted by Gasteiger charge is 2.40. The topological polar surface area (TPSA) is 45.3 Å². The molecule has 1 N–H and O–H groups in total. The molecule has 5 heteroatoms. The molecule has 4 nitrogen and oxygen atoms in total. The summed E-state index contributed by atoms with van der Waals surface area (Å²) >= 11 is 0. The van der Waals surface area contributed by atoms with Crippen molar-refractivity contribution in [3.8, 4) is 17.0 Å². The van der Waals surface area contributed by atoms with Crippen LogP contribution in [0.25, 0.3) is 22.2 Å². The SMILES string of the molecule is COc1cccc(-c2[nH]c3ccccc3c2C2c3ccccc3C(=O)N2Cc2ccc(F)cc2)c1. The van der Waals surface area contributed by atoms with E-state index < -0.39 is 0 Å². The molecule has 1 unspecified atom stereocenters. The van der Waals surface area contributed by atoms with E-state index in [0.717, 1.165) is 44.6 Å². The molecule has 0 fully saturated rings. The van der Waals surface area contributed by atoms with Crippen molar-refractivity contribution in [3.63, 3.8) is 0 Å². The lowest BCUT2D eigenvalue weighted by molar-refractivity contribution is 0.0737. The molecule has 1 aromatic heterocycles. The minimum Gasteiger partial charge on any atom is -0.497 e. The maximum Gasteiger partial charge on any atom is 0.255 e. The second-order valence-electron chi connectivity index (χ2n) is 8.74. The van der Waals surface area contributed by atoms with Crippen molar-refractivity contribution in [2.24, 2.45) is 0 Å². The monoisotopic (exact) mass is 462 g/mol. The van der Waals surface area contributed by atoms with Gasteiger partial charge in [-0.3, -0.25) is 4.79 Å². The van der Waals surface area contributed by atoms with Crippen LogP contribution in [0.15, 0.2) is 97.1 Å². The van der Waals surface area contributed by atoms with Gasteiger partial charge < -0.3 is 14.6 Å². The number of rotatable bonds is 5. The molecule has 1 atom stereocenters. The van der Waals surface area contributed by atoms with E-state index in [2.05, 4.69) is 17.1 Å². The summed E-state index contributed by atoms with van der Waals surface area (Å²) in [5.41, 5.74) is 6.50. The van der Waals surface area contributed by atoms with Crippen LogP contribution in [0.4, 0.5) is 4.39 Å². The van der Waals surface area contributed by atoms with Gasteiger partial charge >= 0.3 is 0 Å². The minimum absolute atomic E-state index is 0.0307. The van der Waals surface area contributed by atoms with E-state index in [1.54, 1.807) is 19.2 Å². The standard InChI is InChI=1S/C30H23FN2O2/c1-35-22-8-6-7-20(17-22)28-27(25-11-4-5-12-26(25)32-28)29-23-9-2-3-10-24(23)30(34)33(29)18-19-13-15-21(31)16-14-19/h2-17,29,32H,18H2,1H3. The Morgan fingerprint density at radius 1 is 0.914 bits per heavy atom. The number of benzene rings is 4. The molecule has 172 valence electrons. The first-order valence-electron chi connectivity index (χ1n) is 11.5. The van der Waals surface area contributed by atoms with Crippen LogP contribution in [0.5, 0.6) is 5.75 Å². The van der Waals surface area contributed by atoms with Crippen molar-refractivity contribution in [2.75, 3.05) is 7.11 Å². The van der Waals surface area contributed by atoms with Gasteiger partial charge in [0.2, 0.25) is 0 Å². The third-order valence-electron chi connectivity index (χ3n) is 6.70. The number of fused-ring (bicyclic) bond motifs is 2. The highest BCUT2D eigenvalue weighted by Crippen LogP contribution is 2.46. The molecule has 1 aliphatic rings. The lowest BCUT2D eigenvalue weighted by atomic mass is 9.93. The normalized spacial score (nSPS) is 15.0. The van der Waals surface area contributed by atoms with E-state index in [1.807, 2.05) is 65.6 Å². The van der Waals surface area contributed by atoms with Crippen molar-refractivity contribution in [2.45, 2.75) is 12.6 Å². The van der Waals surface area contributed by atoms with Crippen molar-refractivity contribution in [3.05, 3.63) is 125 Å². The summed E-state index contributed by atoms with van der Waals surface area (Å²) in [4.78, 5) is 19.2. The summed E-state index contributed by atoms with van der Waals surface area (Å²) in [7, 11) is 1.65. The molecule has 0 spiro atoms. The van der Waals surface area contributed by atoms with Gasteiger partial charge in [-0.25, -0.2) is 4.39 Å². The average molecular weight is 463 g/mol. The van der Waals surface area contributed by atoms with E-state index >= 15 is 0 Å². The molecule has 5 aromatic rings. The Bertz CT molecular complexity index is 1550. The molecule has 4 aromatic carbocycles. The molecule has 1 amide bonds. The number of nitrogens with zero attached hydrogens (tertiary/aromatic N) is 1. The lowest BCUT2D eigenvalue weighted by Crippen LogP contribution is -2.28. The number of aromatic amines is 1. The van der Waals surface area contributed by atoms with Gasteiger partial charge in [0, 0.05) is 34.1 Å². The summed E-state index contributed by atoms with van der Waals surface area (Å²) in [6.07, 6.45) is 0. The van der Waals surface area contributed by atoms with Gasteiger partial charge in [0.05, 0.1) is 18.8 Å². The quantitative estimate of drug-likeness (QED) is 0.315. The molecular weight excluding hydrogens is 439 g/mol. The van der Waals surface area contributed by atoms with Crippen LogP contribution in [-0.2, 0) is 6.54 Å². The van der Waals surface area contributed by atoms with Crippen LogP contribution < -0.4 is 4.74 Å². The van der Waals surface area contributed by atoms with Crippen LogP contribution in [0.1, 0.15) is 33.1 Å². The molecule has 2 heterocycles. The smallest absolute Gasteiger partial charge is 0.255 e.